The summed E-state index contributed by atoms with van der Waals surface area (Å²) in [6.07, 6.45) is 0.0717. The molecule has 3 N–H and O–H groups in total. The number of carbonyl (C=O) groups excluding carboxylic acids is 2. The number of amides is 1. The number of nitrogens with one attached hydrogen (secondary N) is 1. The molecule has 0 aliphatic rings. The lowest BCUT2D eigenvalue weighted by Gasteiger charge is -2.07. The van der Waals surface area contributed by atoms with Crippen LogP contribution in [0.4, 0.5) is 5.69 Å². The standard InChI is InChI=1S/C16H15NO4/c1-10(18)12-3-5-13(6-4-12)17-16(21)9-11-2-7-14(19)15(20)8-11/h2-8,19-20H,9H2,1H3,(H,17,21). The first-order valence-electron chi connectivity index (χ1n) is 6.37. The van der Waals surface area contributed by atoms with Gasteiger partial charge in [-0.15, -0.1) is 0 Å². The molecule has 0 atom stereocenters. The average molecular weight is 285 g/mol. The van der Waals surface area contributed by atoms with Gasteiger partial charge in [0.25, 0.3) is 0 Å². The second-order valence-electron chi connectivity index (χ2n) is 4.68. The van der Waals surface area contributed by atoms with E-state index in [9.17, 15) is 19.8 Å². The lowest BCUT2D eigenvalue weighted by Crippen LogP contribution is -2.14. The van der Waals surface area contributed by atoms with Crippen molar-refractivity contribution < 1.29 is 19.8 Å². The van der Waals surface area contributed by atoms with Gasteiger partial charge < -0.3 is 15.5 Å². The maximum atomic E-state index is 11.9. The van der Waals surface area contributed by atoms with E-state index in [0.717, 1.165) is 0 Å². The number of anilines is 1. The smallest absolute Gasteiger partial charge is 0.228 e. The van der Waals surface area contributed by atoms with Gasteiger partial charge in [-0.2, -0.15) is 0 Å². The molecule has 2 aromatic rings. The summed E-state index contributed by atoms with van der Waals surface area (Å²) in [4.78, 5) is 23.0. The van der Waals surface area contributed by atoms with Gasteiger partial charge in [0.15, 0.2) is 17.3 Å². The van der Waals surface area contributed by atoms with E-state index in [1.807, 2.05) is 0 Å². The number of carbonyl (C=O) groups is 2. The van der Waals surface area contributed by atoms with Crippen molar-refractivity contribution in [2.75, 3.05) is 5.32 Å². The van der Waals surface area contributed by atoms with Gasteiger partial charge in [-0.05, 0) is 48.9 Å². The fourth-order valence-electron chi connectivity index (χ4n) is 1.86. The Labute approximate surface area is 121 Å². The molecule has 0 aliphatic carbocycles. The minimum absolute atomic E-state index is 0.0348. The molecule has 0 saturated carbocycles. The number of Topliss-reactive ketones (excluding diaryl/α,β-unsaturated/α-hetero) is 1. The van der Waals surface area contributed by atoms with Gasteiger partial charge in [0.2, 0.25) is 5.91 Å². The first-order valence-corrected chi connectivity index (χ1v) is 6.37. The first-order chi connectivity index (χ1) is 9.95. The number of hydrogen-bond donors (Lipinski definition) is 3. The summed E-state index contributed by atoms with van der Waals surface area (Å²) in [7, 11) is 0. The molecule has 0 unspecified atom stereocenters. The topological polar surface area (TPSA) is 86.6 Å². The Balaban J connectivity index is 2.01. The van der Waals surface area contributed by atoms with E-state index in [2.05, 4.69) is 5.32 Å². The van der Waals surface area contributed by atoms with Crippen LogP contribution in [-0.4, -0.2) is 21.9 Å². The predicted octanol–water partition coefficient (Wildman–Crippen LogP) is 2.48. The fraction of sp³-hybridized carbons (Fsp3) is 0.125. The van der Waals surface area contributed by atoms with Gasteiger partial charge >= 0.3 is 0 Å². The molecule has 0 saturated heterocycles. The van der Waals surface area contributed by atoms with Crippen LogP contribution in [0.25, 0.3) is 0 Å². The van der Waals surface area contributed by atoms with Crippen molar-refractivity contribution in [3.63, 3.8) is 0 Å². The zero-order valence-electron chi connectivity index (χ0n) is 11.5. The fourth-order valence-corrected chi connectivity index (χ4v) is 1.86. The third-order valence-electron chi connectivity index (χ3n) is 2.98. The molecule has 108 valence electrons. The third kappa shape index (κ3) is 3.82. The van der Waals surface area contributed by atoms with E-state index in [4.69, 9.17) is 0 Å². The Morgan fingerprint density at radius 2 is 1.67 bits per heavy atom. The molecular weight excluding hydrogens is 270 g/mol. The van der Waals surface area contributed by atoms with Crippen molar-refractivity contribution in [2.24, 2.45) is 0 Å². The maximum absolute atomic E-state index is 11.9. The highest BCUT2D eigenvalue weighted by molar-refractivity contribution is 5.96. The molecule has 0 fully saturated rings. The Kier molecular flexibility index (Phi) is 4.23. The van der Waals surface area contributed by atoms with Crippen molar-refractivity contribution in [1.29, 1.82) is 0 Å². The quantitative estimate of drug-likeness (QED) is 0.595. The van der Waals surface area contributed by atoms with Gasteiger partial charge in [-0.1, -0.05) is 6.07 Å². The molecule has 0 heterocycles. The molecule has 1 amide bonds. The van der Waals surface area contributed by atoms with Gasteiger partial charge in [0, 0.05) is 11.3 Å². The summed E-state index contributed by atoms with van der Waals surface area (Å²) in [5.41, 5.74) is 1.76. The number of hydrogen-bond acceptors (Lipinski definition) is 4. The molecule has 0 bridgehead atoms. The van der Waals surface area contributed by atoms with Crippen molar-refractivity contribution >= 4 is 17.4 Å². The molecule has 0 aliphatic heterocycles. The van der Waals surface area contributed by atoms with Crippen molar-refractivity contribution in [2.45, 2.75) is 13.3 Å². The summed E-state index contributed by atoms with van der Waals surface area (Å²) in [5, 5.41) is 21.3. The van der Waals surface area contributed by atoms with Crippen LogP contribution < -0.4 is 5.32 Å². The Morgan fingerprint density at radius 1 is 1.00 bits per heavy atom. The van der Waals surface area contributed by atoms with Gasteiger partial charge in [-0.3, -0.25) is 9.59 Å². The zero-order chi connectivity index (χ0) is 15.4. The molecule has 2 rings (SSSR count). The third-order valence-corrected chi connectivity index (χ3v) is 2.98. The van der Waals surface area contributed by atoms with Crippen LogP contribution in [0.1, 0.15) is 22.8 Å². The van der Waals surface area contributed by atoms with E-state index >= 15 is 0 Å². The normalized spacial score (nSPS) is 10.1. The van der Waals surface area contributed by atoms with Crippen molar-refractivity contribution in [1.82, 2.24) is 0 Å². The first kappa shape index (κ1) is 14.6. The van der Waals surface area contributed by atoms with Crippen molar-refractivity contribution in [3.05, 3.63) is 53.6 Å². The van der Waals surface area contributed by atoms with Crippen LogP contribution >= 0.6 is 0 Å². The molecule has 0 radical (unpaired) electrons. The van der Waals surface area contributed by atoms with E-state index in [1.165, 1.54) is 19.1 Å². The van der Waals surface area contributed by atoms with Gasteiger partial charge in [-0.25, -0.2) is 0 Å². The lowest BCUT2D eigenvalue weighted by atomic mass is 10.1. The van der Waals surface area contributed by atoms with E-state index in [-0.39, 0.29) is 29.6 Å². The van der Waals surface area contributed by atoms with Crippen LogP contribution in [0.5, 0.6) is 11.5 Å². The van der Waals surface area contributed by atoms with Crippen LogP contribution in [0.15, 0.2) is 42.5 Å². The summed E-state index contributed by atoms with van der Waals surface area (Å²) < 4.78 is 0. The maximum Gasteiger partial charge on any atom is 0.228 e. The molecule has 5 nitrogen and oxygen atoms in total. The van der Waals surface area contributed by atoms with E-state index in [1.54, 1.807) is 30.3 Å². The van der Waals surface area contributed by atoms with Crippen molar-refractivity contribution in [3.8, 4) is 11.5 Å². The summed E-state index contributed by atoms with van der Waals surface area (Å²) in [6, 6.07) is 10.8. The van der Waals surface area contributed by atoms with Crippen LogP contribution in [0.3, 0.4) is 0 Å². The molecule has 21 heavy (non-hydrogen) atoms. The Hall–Kier alpha value is -2.82. The number of benzene rings is 2. The van der Waals surface area contributed by atoms with Crippen LogP contribution in [0, 0.1) is 0 Å². The minimum atomic E-state index is -0.258. The SMILES string of the molecule is CC(=O)c1ccc(NC(=O)Cc2ccc(O)c(O)c2)cc1. The summed E-state index contributed by atoms with van der Waals surface area (Å²) >= 11 is 0. The summed E-state index contributed by atoms with van der Waals surface area (Å²) in [6.45, 7) is 1.48. The highest BCUT2D eigenvalue weighted by atomic mass is 16.3. The van der Waals surface area contributed by atoms with E-state index < -0.39 is 0 Å². The molecular formula is C16H15NO4. The second kappa shape index (κ2) is 6.09. The predicted molar refractivity (Wildman–Crippen MR) is 78.6 cm³/mol. The Bertz CT molecular complexity index is 677. The van der Waals surface area contributed by atoms with Crippen LogP contribution in [-0.2, 0) is 11.2 Å². The van der Waals surface area contributed by atoms with Gasteiger partial charge in [0.1, 0.15) is 0 Å². The number of phenolic OH excluding ortho intramolecular Hbond substituents is 2. The molecule has 0 spiro atoms. The Morgan fingerprint density at radius 3 is 2.24 bits per heavy atom. The monoisotopic (exact) mass is 285 g/mol. The second-order valence-corrected chi connectivity index (χ2v) is 4.68. The lowest BCUT2D eigenvalue weighted by molar-refractivity contribution is -0.115. The minimum Gasteiger partial charge on any atom is -0.504 e. The largest absolute Gasteiger partial charge is 0.504 e. The molecule has 2 aromatic carbocycles. The van der Waals surface area contributed by atoms with Gasteiger partial charge in [0.05, 0.1) is 6.42 Å². The van der Waals surface area contributed by atoms with E-state index in [0.29, 0.717) is 16.8 Å². The highest BCUT2D eigenvalue weighted by Gasteiger charge is 2.07. The average Bonchev–Trinajstić information content (AvgIpc) is 2.43. The molecule has 0 aromatic heterocycles. The summed E-state index contributed by atoms with van der Waals surface area (Å²) in [5.74, 6) is -0.770. The number of aromatic hydroxyl groups is 2. The number of phenols is 2. The zero-order valence-corrected chi connectivity index (χ0v) is 11.5. The van der Waals surface area contributed by atoms with Crippen LogP contribution in [0.2, 0.25) is 0 Å². The molecule has 5 heteroatoms. The highest BCUT2D eigenvalue weighted by Crippen LogP contribution is 2.25. The number of ketones is 1. The number of rotatable bonds is 4.